The van der Waals surface area contributed by atoms with Gasteiger partial charge in [0.05, 0.1) is 0 Å². The summed E-state index contributed by atoms with van der Waals surface area (Å²) >= 11 is 0. The Bertz CT molecular complexity index is 202. The molecule has 0 saturated carbocycles. The summed E-state index contributed by atoms with van der Waals surface area (Å²) in [6.45, 7) is 2.21. The van der Waals surface area contributed by atoms with Crippen LogP contribution in [0.3, 0.4) is 0 Å². The molecule has 1 fully saturated rings. The highest BCUT2D eigenvalue weighted by Gasteiger charge is 2.47. The molecule has 2 N–H and O–H groups in total. The molecule has 0 aromatic heterocycles. The van der Waals surface area contributed by atoms with Crippen LogP contribution in [0.1, 0.15) is 19.8 Å². The summed E-state index contributed by atoms with van der Waals surface area (Å²) in [6, 6.07) is 0. The Balaban J connectivity index is 2.91. The third-order valence-corrected chi connectivity index (χ3v) is 2.28. The number of amides is 1. The van der Waals surface area contributed by atoms with Crippen LogP contribution in [0.15, 0.2) is 0 Å². The smallest absolute Gasteiger partial charge is 0.319 e. The Morgan fingerprint density at radius 3 is 2.64 bits per heavy atom. The van der Waals surface area contributed by atoms with Crippen molar-refractivity contribution in [3.63, 3.8) is 0 Å². The van der Waals surface area contributed by atoms with Gasteiger partial charge in [-0.3, -0.25) is 9.59 Å². The van der Waals surface area contributed by atoms with Gasteiger partial charge in [0.15, 0.2) is 0 Å². The van der Waals surface area contributed by atoms with E-state index in [4.69, 9.17) is 5.11 Å². The number of hydrogen-bond donors (Lipinski definition) is 2. The van der Waals surface area contributed by atoms with Crippen LogP contribution in [0, 0.1) is 5.41 Å². The maximum atomic E-state index is 11.1. The molecular formula is C7H11NO3. The van der Waals surface area contributed by atoms with Crippen LogP contribution in [0.5, 0.6) is 0 Å². The molecule has 1 rings (SSSR count). The third-order valence-electron chi connectivity index (χ3n) is 2.28. The number of carboxylic acid groups (broad SMARTS) is 1. The molecule has 4 heteroatoms. The van der Waals surface area contributed by atoms with Crippen molar-refractivity contribution in [1.82, 2.24) is 5.32 Å². The van der Waals surface area contributed by atoms with E-state index in [0.717, 1.165) is 0 Å². The van der Waals surface area contributed by atoms with Gasteiger partial charge in [0.2, 0.25) is 5.91 Å². The van der Waals surface area contributed by atoms with E-state index in [-0.39, 0.29) is 5.91 Å². The first-order chi connectivity index (χ1) is 5.13. The quantitative estimate of drug-likeness (QED) is 0.554. The predicted molar refractivity (Wildman–Crippen MR) is 38.0 cm³/mol. The number of carbonyl (C=O) groups is 2. The Morgan fingerprint density at radius 1 is 1.82 bits per heavy atom. The molecule has 1 saturated heterocycles. The third kappa shape index (κ3) is 0.982. The molecule has 0 aromatic rings. The number of aliphatic carboxylic acids is 1. The zero-order chi connectivity index (χ0) is 8.48. The fourth-order valence-electron chi connectivity index (χ4n) is 1.36. The van der Waals surface area contributed by atoms with Gasteiger partial charge in [0.25, 0.3) is 0 Å². The maximum absolute atomic E-state index is 11.1. The molecule has 1 heterocycles. The molecule has 0 bridgehead atoms. The summed E-state index contributed by atoms with van der Waals surface area (Å²) in [7, 11) is 0. The van der Waals surface area contributed by atoms with E-state index < -0.39 is 11.4 Å². The first-order valence-corrected chi connectivity index (χ1v) is 3.65. The largest absolute Gasteiger partial charge is 0.480 e. The lowest BCUT2D eigenvalue weighted by atomic mass is 9.84. The van der Waals surface area contributed by atoms with Crippen LogP contribution in [0.4, 0.5) is 0 Å². The number of hydrogen-bond acceptors (Lipinski definition) is 2. The lowest BCUT2D eigenvalue weighted by Crippen LogP contribution is -2.38. The van der Waals surface area contributed by atoms with Crippen LogP contribution in [0.2, 0.25) is 0 Å². The zero-order valence-corrected chi connectivity index (χ0v) is 6.39. The summed E-state index contributed by atoms with van der Waals surface area (Å²) in [5.74, 6) is -1.34. The van der Waals surface area contributed by atoms with Crippen molar-refractivity contribution in [2.75, 3.05) is 6.54 Å². The highest BCUT2D eigenvalue weighted by Crippen LogP contribution is 2.30. The van der Waals surface area contributed by atoms with Crippen molar-refractivity contribution < 1.29 is 14.7 Å². The van der Waals surface area contributed by atoms with Gasteiger partial charge in [-0.15, -0.1) is 0 Å². The van der Waals surface area contributed by atoms with Crippen LogP contribution in [-0.4, -0.2) is 23.5 Å². The summed E-state index contributed by atoms with van der Waals surface area (Å²) in [5.41, 5.74) is -1.14. The van der Waals surface area contributed by atoms with Gasteiger partial charge < -0.3 is 10.4 Å². The van der Waals surface area contributed by atoms with Gasteiger partial charge in [-0.1, -0.05) is 6.92 Å². The molecule has 11 heavy (non-hydrogen) atoms. The fourth-order valence-corrected chi connectivity index (χ4v) is 1.36. The molecule has 0 aromatic carbocycles. The van der Waals surface area contributed by atoms with Crippen LogP contribution in [-0.2, 0) is 9.59 Å². The number of carboxylic acids is 1. The van der Waals surface area contributed by atoms with E-state index >= 15 is 0 Å². The zero-order valence-electron chi connectivity index (χ0n) is 6.39. The molecule has 1 amide bonds. The van der Waals surface area contributed by atoms with E-state index in [9.17, 15) is 9.59 Å². The second kappa shape index (κ2) is 2.53. The minimum atomic E-state index is -1.14. The second-order valence-corrected chi connectivity index (χ2v) is 2.75. The molecule has 62 valence electrons. The molecule has 0 aliphatic carbocycles. The van der Waals surface area contributed by atoms with Gasteiger partial charge in [-0.2, -0.15) is 0 Å². The molecule has 1 atom stereocenters. The van der Waals surface area contributed by atoms with Gasteiger partial charge in [0.1, 0.15) is 5.41 Å². The normalized spacial score (nSPS) is 30.1. The van der Waals surface area contributed by atoms with Crippen molar-refractivity contribution in [3.05, 3.63) is 0 Å². The van der Waals surface area contributed by atoms with Gasteiger partial charge >= 0.3 is 5.97 Å². The topological polar surface area (TPSA) is 66.4 Å². The van der Waals surface area contributed by atoms with E-state index in [2.05, 4.69) is 5.32 Å². The van der Waals surface area contributed by atoms with E-state index in [1.54, 1.807) is 6.92 Å². The van der Waals surface area contributed by atoms with Crippen molar-refractivity contribution in [3.8, 4) is 0 Å². The first-order valence-electron chi connectivity index (χ1n) is 3.65. The number of nitrogens with one attached hydrogen (secondary N) is 1. The molecule has 4 nitrogen and oxygen atoms in total. The van der Waals surface area contributed by atoms with Crippen molar-refractivity contribution in [2.45, 2.75) is 19.8 Å². The van der Waals surface area contributed by atoms with E-state index in [0.29, 0.717) is 19.4 Å². The van der Waals surface area contributed by atoms with Crippen LogP contribution in [0.25, 0.3) is 0 Å². The summed E-state index contributed by atoms with van der Waals surface area (Å²) in [5, 5.41) is 11.3. The van der Waals surface area contributed by atoms with Gasteiger partial charge in [-0.05, 0) is 12.8 Å². The van der Waals surface area contributed by atoms with Crippen molar-refractivity contribution in [1.29, 1.82) is 0 Å². The van der Waals surface area contributed by atoms with E-state index in [1.807, 2.05) is 0 Å². The molecule has 1 unspecified atom stereocenters. The van der Waals surface area contributed by atoms with Gasteiger partial charge in [0, 0.05) is 6.54 Å². The molecule has 0 spiro atoms. The maximum Gasteiger partial charge on any atom is 0.319 e. The minimum Gasteiger partial charge on any atom is -0.480 e. The Morgan fingerprint density at radius 2 is 2.45 bits per heavy atom. The van der Waals surface area contributed by atoms with Gasteiger partial charge in [-0.25, -0.2) is 0 Å². The average Bonchev–Trinajstić information content (AvgIpc) is 2.32. The standard InChI is InChI=1S/C7H11NO3/c1-2-7(6(10)11)3-4-8-5(7)9/h2-4H2,1H3,(H,8,9)(H,10,11). The number of carbonyl (C=O) groups excluding carboxylic acids is 1. The Labute approximate surface area is 64.6 Å². The summed E-state index contributed by atoms with van der Waals surface area (Å²) in [4.78, 5) is 21.8. The monoisotopic (exact) mass is 157 g/mol. The minimum absolute atomic E-state index is 0.340. The summed E-state index contributed by atoms with van der Waals surface area (Å²) < 4.78 is 0. The molecule has 1 aliphatic rings. The molecular weight excluding hydrogens is 146 g/mol. The molecule has 1 aliphatic heterocycles. The lowest BCUT2D eigenvalue weighted by Gasteiger charge is -2.17. The van der Waals surface area contributed by atoms with Crippen molar-refractivity contribution in [2.24, 2.45) is 5.41 Å². The first kappa shape index (κ1) is 8.04. The second-order valence-electron chi connectivity index (χ2n) is 2.75. The summed E-state index contributed by atoms with van der Waals surface area (Å²) in [6.07, 6.45) is 0.784. The predicted octanol–water partition coefficient (Wildman–Crippen LogP) is -0.0127. The number of rotatable bonds is 2. The van der Waals surface area contributed by atoms with E-state index in [1.165, 1.54) is 0 Å². The Kier molecular flexibility index (Phi) is 1.85. The highest BCUT2D eigenvalue weighted by atomic mass is 16.4. The Hall–Kier alpha value is -1.06. The fraction of sp³-hybridized carbons (Fsp3) is 0.714. The lowest BCUT2D eigenvalue weighted by molar-refractivity contribution is -0.153. The average molecular weight is 157 g/mol. The van der Waals surface area contributed by atoms with Crippen molar-refractivity contribution >= 4 is 11.9 Å². The SMILES string of the molecule is CCC1(C(=O)O)CCNC1=O. The highest BCUT2D eigenvalue weighted by molar-refractivity contribution is 6.03. The molecule has 0 radical (unpaired) electrons. The van der Waals surface area contributed by atoms with Crippen LogP contribution >= 0.6 is 0 Å². The van der Waals surface area contributed by atoms with Crippen LogP contribution < -0.4 is 5.32 Å².